The zero-order chi connectivity index (χ0) is 14.9. The number of halogens is 1. The van der Waals surface area contributed by atoms with Crippen LogP contribution in [0.15, 0.2) is 23.1 Å². The summed E-state index contributed by atoms with van der Waals surface area (Å²) in [7, 11) is -3.85. The molecular formula is C13H17FN2O3S. The number of carbonyl (C=O) groups is 1. The molecule has 0 aliphatic carbocycles. The molecule has 0 spiro atoms. The summed E-state index contributed by atoms with van der Waals surface area (Å²) < 4.78 is 39.8. The van der Waals surface area contributed by atoms with Gasteiger partial charge in [-0.25, -0.2) is 12.8 Å². The summed E-state index contributed by atoms with van der Waals surface area (Å²) in [6, 6.07) is 4.04. The Kier molecular flexibility index (Phi) is 4.10. The number of carbonyl (C=O) groups excluding carboxylic acids is 1. The molecule has 1 atom stereocenters. The maximum absolute atomic E-state index is 13.8. The summed E-state index contributed by atoms with van der Waals surface area (Å²) in [4.78, 5) is 10.6. The van der Waals surface area contributed by atoms with Crippen molar-refractivity contribution in [2.45, 2.75) is 24.7 Å². The topological polar surface area (TPSA) is 80.5 Å². The standard InChI is InChI=1S/C13H17FN2O3S/c1-9-2-3-12(11(14)6-9)20(18,19)16-5-4-10(8-16)7-13(15)17/h2-3,6,10H,4-5,7-8H2,1H3,(H2,15,17). The maximum atomic E-state index is 13.8. The van der Waals surface area contributed by atoms with Gasteiger partial charge in [0, 0.05) is 19.5 Å². The average Bonchev–Trinajstić information content (AvgIpc) is 2.76. The first-order valence-electron chi connectivity index (χ1n) is 6.35. The van der Waals surface area contributed by atoms with Gasteiger partial charge in [0.2, 0.25) is 15.9 Å². The number of nitrogens with two attached hydrogens (primary N) is 1. The van der Waals surface area contributed by atoms with E-state index in [9.17, 15) is 17.6 Å². The third-order valence-electron chi connectivity index (χ3n) is 3.44. The summed E-state index contributed by atoms with van der Waals surface area (Å²) in [6.07, 6.45) is 0.720. The second-order valence-electron chi connectivity index (χ2n) is 5.12. The zero-order valence-corrected chi connectivity index (χ0v) is 12.0. The molecule has 1 amide bonds. The molecule has 20 heavy (non-hydrogen) atoms. The van der Waals surface area contributed by atoms with E-state index >= 15 is 0 Å². The first-order chi connectivity index (χ1) is 9.30. The lowest BCUT2D eigenvalue weighted by Gasteiger charge is -2.17. The van der Waals surface area contributed by atoms with Crippen molar-refractivity contribution in [3.05, 3.63) is 29.6 Å². The van der Waals surface area contributed by atoms with Crippen molar-refractivity contribution < 1.29 is 17.6 Å². The number of hydrogen-bond donors (Lipinski definition) is 1. The van der Waals surface area contributed by atoms with Gasteiger partial charge in [0.05, 0.1) is 0 Å². The van der Waals surface area contributed by atoms with E-state index in [1.807, 2.05) is 0 Å². The number of rotatable bonds is 4. The molecule has 5 nitrogen and oxygen atoms in total. The number of aryl methyl sites for hydroxylation is 1. The van der Waals surface area contributed by atoms with Crippen molar-refractivity contribution in [2.75, 3.05) is 13.1 Å². The highest BCUT2D eigenvalue weighted by atomic mass is 32.2. The van der Waals surface area contributed by atoms with Crippen LogP contribution in [0.2, 0.25) is 0 Å². The van der Waals surface area contributed by atoms with E-state index in [1.165, 1.54) is 16.4 Å². The molecule has 7 heteroatoms. The Bertz CT molecular complexity index is 631. The summed E-state index contributed by atoms with van der Waals surface area (Å²) in [5, 5.41) is 0. The van der Waals surface area contributed by atoms with Crippen molar-refractivity contribution in [3.63, 3.8) is 0 Å². The van der Waals surface area contributed by atoms with Crippen LogP contribution in [-0.2, 0) is 14.8 Å². The van der Waals surface area contributed by atoms with Crippen LogP contribution < -0.4 is 5.73 Å². The predicted octanol–water partition coefficient (Wildman–Crippen LogP) is 1.02. The van der Waals surface area contributed by atoms with Gasteiger partial charge >= 0.3 is 0 Å². The minimum Gasteiger partial charge on any atom is -0.370 e. The van der Waals surface area contributed by atoms with Gasteiger partial charge in [0.1, 0.15) is 10.7 Å². The van der Waals surface area contributed by atoms with E-state index in [0.29, 0.717) is 12.0 Å². The maximum Gasteiger partial charge on any atom is 0.245 e. The van der Waals surface area contributed by atoms with Crippen LogP contribution in [0.4, 0.5) is 4.39 Å². The lowest BCUT2D eigenvalue weighted by atomic mass is 10.1. The molecule has 1 unspecified atom stereocenters. The fourth-order valence-corrected chi connectivity index (χ4v) is 4.00. The molecule has 1 saturated heterocycles. The van der Waals surface area contributed by atoms with E-state index in [0.717, 1.165) is 0 Å². The highest BCUT2D eigenvalue weighted by Crippen LogP contribution is 2.27. The SMILES string of the molecule is Cc1ccc(S(=O)(=O)N2CCC(CC(N)=O)C2)c(F)c1. The molecule has 110 valence electrons. The molecule has 0 aromatic heterocycles. The Morgan fingerprint density at radius 3 is 2.80 bits per heavy atom. The Morgan fingerprint density at radius 2 is 2.20 bits per heavy atom. The molecule has 1 fully saturated rings. The Balaban J connectivity index is 2.21. The third-order valence-corrected chi connectivity index (χ3v) is 5.34. The second-order valence-corrected chi connectivity index (χ2v) is 7.03. The molecule has 1 aliphatic heterocycles. The summed E-state index contributed by atoms with van der Waals surface area (Å²) >= 11 is 0. The number of benzene rings is 1. The van der Waals surface area contributed by atoms with E-state index in [2.05, 4.69) is 0 Å². The van der Waals surface area contributed by atoms with Crippen molar-refractivity contribution in [1.82, 2.24) is 4.31 Å². The first-order valence-corrected chi connectivity index (χ1v) is 7.79. The van der Waals surface area contributed by atoms with E-state index in [4.69, 9.17) is 5.73 Å². The molecule has 0 radical (unpaired) electrons. The van der Waals surface area contributed by atoms with Crippen LogP contribution in [-0.4, -0.2) is 31.7 Å². The van der Waals surface area contributed by atoms with E-state index < -0.39 is 21.7 Å². The van der Waals surface area contributed by atoms with Crippen LogP contribution in [0.1, 0.15) is 18.4 Å². The monoisotopic (exact) mass is 300 g/mol. The molecular weight excluding hydrogens is 283 g/mol. The minimum atomic E-state index is -3.85. The number of nitrogens with zero attached hydrogens (tertiary/aromatic N) is 1. The largest absolute Gasteiger partial charge is 0.370 e. The summed E-state index contributed by atoms with van der Waals surface area (Å²) in [5.41, 5.74) is 5.77. The Hall–Kier alpha value is -1.47. The van der Waals surface area contributed by atoms with Crippen molar-refractivity contribution >= 4 is 15.9 Å². The number of sulfonamides is 1. The molecule has 1 heterocycles. The lowest BCUT2D eigenvalue weighted by Crippen LogP contribution is -2.30. The normalized spacial score (nSPS) is 20.2. The van der Waals surface area contributed by atoms with E-state index in [-0.39, 0.29) is 30.3 Å². The quantitative estimate of drug-likeness (QED) is 0.901. The minimum absolute atomic E-state index is 0.0872. The third kappa shape index (κ3) is 2.99. The fourth-order valence-electron chi connectivity index (χ4n) is 2.42. The molecule has 2 N–H and O–H groups in total. The smallest absolute Gasteiger partial charge is 0.245 e. The van der Waals surface area contributed by atoms with Gasteiger partial charge in [-0.05, 0) is 37.0 Å². The summed E-state index contributed by atoms with van der Waals surface area (Å²) in [5.74, 6) is -1.28. The van der Waals surface area contributed by atoms with Crippen LogP contribution >= 0.6 is 0 Å². The van der Waals surface area contributed by atoms with Gasteiger partial charge in [-0.15, -0.1) is 0 Å². The Morgan fingerprint density at radius 1 is 1.50 bits per heavy atom. The number of hydrogen-bond acceptors (Lipinski definition) is 3. The highest BCUT2D eigenvalue weighted by molar-refractivity contribution is 7.89. The number of primary amides is 1. The molecule has 1 aromatic carbocycles. The van der Waals surface area contributed by atoms with Crippen molar-refractivity contribution in [3.8, 4) is 0 Å². The lowest BCUT2D eigenvalue weighted by molar-refractivity contribution is -0.118. The van der Waals surface area contributed by atoms with Gasteiger partial charge in [0.15, 0.2) is 0 Å². The number of amides is 1. The van der Waals surface area contributed by atoms with Gasteiger partial charge in [-0.3, -0.25) is 4.79 Å². The second kappa shape index (κ2) is 5.49. The van der Waals surface area contributed by atoms with Crippen molar-refractivity contribution in [2.24, 2.45) is 11.7 Å². The van der Waals surface area contributed by atoms with Crippen LogP contribution in [0.3, 0.4) is 0 Å². The molecule has 2 rings (SSSR count). The fraction of sp³-hybridized carbons (Fsp3) is 0.462. The molecule has 0 bridgehead atoms. The first kappa shape index (κ1) is 14.9. The predicted molar refractivity (Wildman–Crippen MR) is 71.8 cm³/mol. The summed E-state index contributed by atoms with van der Waals surface area (Å²) in [6.45, 7) is 2.18. The van der Waals surface area contributed by atoms with Crippen LogP contribution in [0.25, 0.3) is 0 Å². The van der Waals surface area contributed by atoms with Crippen LogP contribution in [0, 0.1) is 18.7 Å². The van der Waals surface area contributed by atoms with Crippen molar-refractivity contribution in [1.29, 1.82) is 0 Å². The zero-order valence-electron chi connectivity index (χ0n) is 11.2. The molecule has 1 aromatic rings. The Labute approximate surface area is 117 Å². The van der Waals surface area contributed by atoms with Gasteiger partial charge < -0.3 is 5.73 Å². The van der Waals surface area contributed by atoms with E-state index in [1.54, 1.807) is 13.0 Å². The molecule has 1 aliphatic rings. The van der Waals surface area contributed by atoms with Gasteiger partial charge in [-0.2, -0.15) is 4.31 Å². The molecule has 0 saturated carbocycles. The van der Waals surface area contributed by atoms with Crippen LogP contribution in [0.5, 0.6) is 0 Å². The van der Waals surface area contributed by atoms with Gasteiger partial charge in [0.25, 0.3) is 0 Å². The highest BCUT2D eigenvalue weighted by Gasteiger charge is 2.34. The van der Waals surface area contributed by atoms with Gasteiger partial charge in [-0.1, -0.05) is 6.07 Å². The average molecular weight is 300 g/mol.